The van der Waals surface area contributed by atoms with Crippen molar-refractivity contribution in [1.29, 1.82) is 0 Å². The van der Waals surface area contributed by atoms with E-state index in [1.807, 2.05) is 45.9 Å². The van der Waals surface area contributed by atoms with Crippen LogP contribution in [0.15, 0.2) is 30.3 Å². The van der Waals surface area contributed by atoms with Crippen molar-refractivity contribution in [2.24, 2.45) is 11.8 Å². The number of esters is 1. The third-order valence-corrected chi connectivity index (χ3v) is 3.25. The lowest BCUT2D eigenvalue weighted by molar-refractivity contribution is -0.00724. The van der Waals surface area contributed by atoms with E-state index < -0.39 is 6.10 Å². The number of carbonyl (C=O) groups is 1. The van der Waals surface area contributed by atoms with Crippen LogP contribution in [0.3, 0.4) is 0 Å². The number of aliphatic hydroxyl groups is 1. The van der Waals surface area contributed by atoms with Crippen molar-refractivity contribution in [2.45, 2.75) is 46.3 Å². The standard InChI is InChI=1S/C16H24O3/c1-11(2)14(17)10-15(12(3)4)19-16(18)13-8-6-5-7-9-13/h5-9,11-12,14-15,17H,10H2,1-4H3/t14-,15-/m1/s1. The van der Waals surface area contributed by atoms with Gasteiger partial charge in [0.1, 0.15) is 6.10 Å². The molecule has 0 bridgehead atoms. The van der Waals surface area contributed by atoms with Crippen LogP contribution in [0.1, 0.15) is 44.5 Å². The topological polar surface area (TPSA) is 46.5 Å². The quantitative estimate of drug-likeness (QED) is 0.802. The molecule has 1 aromatic rings. The monoisotopic (exact) mass is 264 g/mol. The highest BCUT2D eigenvalue weighted by Crippen LogP contribution is 2.18. The third-order valence-electron chi connectivity index (χ3n) is 3.25. The molecule has 0 radical (unpaired) electrons. The van der Waals surface area contributed by atoms with Gasteiger partial charge in [-0.25, -0.2) is 4.79 Å². The first-order chi connectivity index (χ1) is 8.91. The fourth-order valence-corrected chi connectivity index (χ4v) is 1.75. The van der Waals surface area contributed by atoms with E-state index in [0.717, 1.165) is 0 Å². The van der Waals surface area contributed by atoms with Crippen LogP contribution >= 0.6 is 0 Å². The van der Waals surface area contributed by atoms with E-state index in [1.54, 1.807) is 12.1 Å². The van der Waals surface area contributed by atoms with E-state index in [1.165, 1.54) is 0 Å². The second-order valence-electron chi connectivity index (χ2n) is 5.60. The fourth-order valence-electron chi connectivity index (χ4n) is 1.75. The highest BCUT2D eigenvalue weighted by molar-refractivity contribution is 5.89. The molecule has 3 heteroatoms. The minimum Gasteiger partial charge on any atom is -0.458 e. The second-order valence-corrected chi connectivity index (χ2v) is 5.60. The van der Waals surface area contributed by atoms with Gasteiger partial charge in [0.25, 0.3) is 0 Å². The van der Waals surface area contributed by atoms with Gasteiger partial charge in [0, 0.05) is 6.42 Å². The molecule has 2 atom stereocenters. The van der Waals surface area contributed by atoms with Crippen molar-refractivity contribution < 1.29 is 14.6 Å². The summed E-state index contributed by atoms with van der Waals surface area (Å²) in [5, 5.41) is 9.94. The molecule has 0 heterocycles. The van der Waals surface area contributed by atoms with Crippen molar-refractivity contribution in [3.8, 4) is 0 Å². The largest absolute Gasteiger partial charge is 0.458 e. The first-order valence-corrected chi connectivity index (χ1v) is 6.86. The molecule has 0 aliphatic carbocycles. The molecule has 0 fully saturated rings. The summed E-state index contributed by atoms with van der Waals surface area (Å²) in [5.74, 6) is 0.0213. The van der Waals surface area contributed by atoms with Crippen molar-refractivity contribution in [3.05, 3.63) is 35.9 Å². The van der Waals surface area contributed by atoms with Crippen LogP contribution in [-0.2, 0) is 4.74 Å². The van der Waals surface area contributed by atoms with Gasteiger partial charge in [-0.2, -0.15) is 0 Å². The molecule has 0 aliphatic rings. The lowest BCUT2D eigenvalue weighted by Crippen LogP contribution is -2.30. The molecule has 106 valence electrons. The lowest BCUT2D eigenvalue weighted by atomic mass is 9.95. The SMILES string of the molecule is CC(C)[C@H](O)C[C@@H](OC(=O)c1ccccc1)C(C)C. The van der Waals surface area contributed by atoms with Gasteiger partial charge in [-0.3, -0.25) is 0 Å². The van der Waals surface area contributed by atoms with Crippen LogP contribution in [0, 0.1) is 11.8 Å². The molecule has 1 N–H and O–H groups in total. The minimum absolute atomic E-state index is 0.164. The zero-order valence-electron chi connectivity index (χ0n) is 12.2. The molecule has 1 aromatic carbocycles. The first-order valence-electron chi connectivity index (χ1n) is 6.86. The van der Waals surface area contributed by atoms with Crippen LogP contribution in [0.4, 0.5) is 0 Å². The van der Waals surface area contributed by atoms with Crippen molar-refractivity contribution >= 4 is 5.97 Å². The zero-order chi connectivity index (χ0) is 14.4. The Morgan fingerprint density at radius 1 is 1.11 bits per heavy atom. The second kappa shape index (κ2) is 7.29. The number of carbonyl (C=O) groups excluding carboxylic acids is 1. The molecule has 3 nitrogen and oxygen atoms in total. The highest BCUT2D eigenvalue weighted by Gasteiger charge is 2.24. The van der Waals surface area contributed by atoms with Crippen LogP contribution in [0.2, 0.25) is 0 Å². The molecule has 0 aromatic heterocycles. The Morgan fingerprint density at radius 3 is 2.16 bits per heavy atom. The predicted octanol–water partition coefficient (Wildman–Crippen LogP) is 3.28. The van der Waals surface area contributed by atoms with Crippen molar-refractivity contribution in [3.63, 3.8) is 0 Å². The summed E-state index contributed by atoms with van der Waals surface area (Å²) < 4.78 is 5.52. The Bertz CT molecular complexity index is 384. The van der Waals surface area contributed by atoms with Gasteiger partial charge in [-0.05, 0) is 24.0 Å². The Balaban J connectivity index is 2.66. The van der Waals surface area contributed by atoms with Crippen LogP contribution in [0.5, 0.6) is 0 Å². The molecule has 0 saturated carbocycles. The van der Waals surface area contributed by atoms with Crippen LogP contribution in [0.25, 0.3) is 0 Å². The summed E-state index contributed by atoms with van der Waals surface area (Å²) in [5.41, 5.74) is 0.548. The van der Waals surface area contributed by atoms with Crippen molar-refractivity contribution in [1.82, 2.24) is 0 Å². The Hall–Kier alpha value is -1.35. The summed E-state index contributed by atoms with van der Waals surface area (Å²) in [6.45, 7) is 7.91. The van der Waals surface area contributed by atoms with Gasteiger partial charge in [-0.15, -0.1) is 0 Å². The van der Waals surface area contributed by atoms with E-state index in [4.69, 9.17) is 4.74 Å². The predicted molar refractivity (Wildman–Crippen MR) is 75.9 cm³/mol. The summed E-state index contributed by atoms with van der Waals surface area (Å²) >= 11 is 0. The number of ether oxygens (including phenoxy) is 1. The van der Waals surface area contributed by atoms with E-state index in [2.05, 4.69) is 0 Å². The Labute approximate surface area is 115 Å². The van der Waals surface area contributed by atoms with E-state index in [-0.39, 0.29) is 23.9 Å². The maximum Gasteiger partial charge on any atom is 0.338 e. The van der Waals surface area contributed by atoms with Gasteiger partial charge < -0.3 is 9.84 Å². The highest BCUT2D eigenvalue weighted by atomic mass is 16.5. The fraction of sp³-hybridized carbons (Fsp3) is 0.562. The molecular weight excluding hydrogens is 240 g/mol. The molecular formula is C16H24O3. The number of hydrogen-bond acceptors (Lipinski definition) is 3. The Kier molecular flexibility index (Phi) is 6.03. The molecule has 0 aliphatic heterocycles. The Morgan fingerprint density at radius 2 is 1.68 bits per heavy atom. The maximum atomic E-state index is 12.0. The first kappa shape index (κ1) is 15.7. The van der Waals surface area contributed by atoms with Gasteiger partial charge in [0.2, 0.25) is 0 Å². The van der Waals surface area contributed by atoms with E-state index >= 15 is 0 Å². The van der Waals surface area contributed by atoms with E-state index in [0.29, 0.717) is 12.0 Å². The summed E-state index contributed by atoms with van der Waals surface area (Å²) in [4.78, 5) is 12.0. The van der Waals surface area contributed by atoms with Crippen LogP contribution in [-0.4, -0.2) is 23.3 Å². The number of aliphatic hydroxyl groups excluding tert-OH is 1. The summed E-state index contributed by atoms with van der Waals surface area (Å²) in [7, 11) is 0. The number of benzene rings is 1. The number of hydrogen-bond donors (Lipinski definition) is 1. The molecule has 0 spiro atoms. The molecule has 0 saturated heterocycles. The minimum atomic E-state index is -0.448. The zero-order valence-corrected chi connectivity index (χ0v) is 12.2. The van der Waals surface area contributed by atoms with Gasteiger partial charge in [0.15, 0.2) is 0 Å². The van der Waals surface area contributed by atoms with E-state index in [9.17, 15) is 9.90 Å². The molecule has 0 unspecified atom stereocenters. The molecule has 0 amide bonds. The molecule has 1 rings (SSSR count). The average Bonchev–Trinajstić information content (AvgIpc) is 2.38. The lowest BCUT2D eigenvalue weighted by Gasteiger charge is -2.25. The summed E-state index contributed by atoms with van der Waals surface area (Å²) in [6.07, 6.45) is -0.227. The maximum absolute atomic E-state index is 12.0. The average molecular weight is 264 g/mol. The van der Waals surface area contributed by atoms with Gasteiger partial charge in [0.05, 0.1) is 11.7 Å². The van der Waals surface area contributed by atoms with Gasteiger partial charge >= 0.3 is 5.97 Å². The smallest absolute Gasteiger partial charge is 0.338 e. The third kappa shape index (κ3) is 5.03. The van der Waals surface area contributed by atoms with Gasteiger partial charge in [-0.1, -0.05) is 45.9 Å². The number of rotatable bonds is 6. The van der Waals surface area contributed by atoms with Crippen LogP contribution < -0.4 is 0 Å². The normalized spacial score (nSPS) is 14.5. The van der Waals surface area contributed by atoms with Crippen molar-refractivity contribution in [2.75, 3.05) is 0 Å². The summed E-state index contributed by atoms with van der Waals surface area (Å²) in [6, 6.07) is 8.95. The molecule has 19 heavy (non-hydrogen) atoms.